The van der Waals surface area contributed by atoms with Gasteiger partial charge in [0.1, 0.15) is 5.82 Å². The molecule has 0 N–H and O–H groups in total. The monoisotopic (exact) mass is 372 g/mol. The topological polar surface area (TPSA) is 26.4 Å². The van der Waals surface area contributed by atoms with Gasteiger partial charge in [-0.1, -0.05) is 42.5 Å². The number of pyridine rings is 1. The van der Waals surface area contributed by atoms with Gasteiger partial charge in [-0.05, 0) is 29.3 Å². The molecule has 3 aromatic rings. The molecule has 1 heterocycles. The summed E-state index contributed by atoms with van der Waals surface area (Å²) in [6.07, 6.45) is -4.84. The van der Waals surface area contributed by atoms with Crippen LogP contribution in [0.25, 0.3) is 16.1 Å². The Hall–Kier alpha value is -3.40. The van der Waals surface area contributed by atoms with Crippen molar-refractivity contribution in [1.82, 2.24) is 4.57 Å². The minimum absolute atomic E-state index is 0.0321. The molecule has 0 fully saturated rings. The van der Waals surface area contributed by atoms with Crippen molar-refractivity contribution in [2.75, 3.05) is 0 Å². The normalized spacial score (nSPS) is 11.2. The Morgan fingerprint density at radius 2 is 1.63 bits per heavy atom. The molecule has 0 atom stereocenters. The number of hydrogen-bond donors (Lipinski definition) is 0. The summed E-state index contributed by atoms with van der Waals surface area (Å²) >= 11 is 0. The van der Waals surface area contributed by atoms with E-state index in [0.29, 0.717) is 11.1 Å². The zero-order chi connectivity index (χ0) is 19.6. The van der Waals surface area contributed by atoms with Gasteiger partial charge in [0.15, 0.2) is 0 Å². The molecular weight excluding hydrogens is 360 g/mol. The summed E-state index contributed by atoms with van der Waals surface area (Å²) in [6.45, 7) is 6.95. The largest absolute Gasteiger partial charge is 0.407 e. The predicted octanol–water partition coefficient (Wildman–Crippen LogP) is 5.27. The average molecular weight is 372 g/mol. The Kier molecular flexibility index (Phi) is 4.82. The van der Waals surface area contributed by atoms with E-state index in [-0.39, 0.29) is 12.2 Å². The number of nitrogens with zero attached hydrogens (tertiary/aromatic N) is 2. The molecule has 0 radical (unpaired) electrons. The minimum atomic E-state index is -4.84. The van der Waals surface area contributed by atoms with Gasteiger partial charge in [0.05, 0.1) is 12.1 Å². The first-order valence-electron chi connectivity index (χ1n) is 7.83. The maximum absolute atomic E-state index is 13.4. The molecule has 0 spiro atoms. The third-order valence-corrected chi connectivity index (χ3v) is 4.02. The van der Waals surface area contributed by atoms with Crippen LogP contribution in [0.15, 0.2) is 65.5 Å². The number of rotatable bonds is 3. The maximum Gasteiger partial charge on any atom is 0.407 e. The van der Waals surface area contributed by atoms with Crippen LogP contribution in [0.5, 0.6) is 0 Å². The summed E-state index contributed by atoms with van der Waals surface area (Å²) in [6, 6.07) is 14.2. The van der Waals surface area contributed by atoms with E-state index >= 15 is 0 Å². The van der Waals surface area contributed by atoms with Gasteiger partial charge in [-0.3, -0.25) is 4.79 Å². The van der Waals surface area contributed by atoms with Gasteiger partial charge >= 0.3 is 6.18 Å². The van der Waals surface area contributed by atoms with E-state index in [1.165, 1.54) is 24.3 Å². The standard InChI is InChI=1S/C20H12F4N2O/c1-25-18-16(20(22,23)24)11-17(14-5-3-2-4-6-14)26(19(18)27)12-13-7-9-15(21)10-8-13/h2-11H,12H2. The van der Waals surface area contributed by atoms with E-state index in [2.05, 4.69) is 4.85 Å². The van der Waals surface area contributed by atoms with Crippen LogP contribution in [0, 0.1) is 12.4 Å². The Morgan fingerprint density at radius 3 is 2.19 bits per heavy atom. The fourth-order valence-electron chi connectivity index (χ4n) is 2.74. The van der Waals surface area contributed by atoms with Crippen molar-refractivity contribution < 1.29 is 17.6 Å². The second-order valence-electron chi connectivity index (χ2n) is 5.79. The molecule has 0 amide bonds. The zero-order valence-corrected chi connectivity index (χ0v) is 13.8. The first kappa shape index (κ1) is 18.4. The number of hydrogen-bond acceptors (Lipinski definition) is 1. The van der Waals surface area contributed by atoms with Gasteiger partial charge in [0.25, 0.3) is 11.2 Å². The molecular formula is C20H12F4N2O. The van der Waals surface area contributed by atoms with Crippen molar-refractivity contribution in [1.29, 1.82) is 0 Å². The predicted molar refractivity (Wildman–Crippen MR) is 92.9 cm³/mol. The minimum Gasteiger partial charge on any atom is -0.313 e. The van der Waals surface area contributed by atoms with Crippen LogP contribution in [-0.2, 0) is 12.7 Å². The van der Waals surface area contributed by atoms with E-state index in [0.717, 1.165) is 10.6 Å². The summed E-state index contributed by atoms with van der Waals surface area (Å²) in [5.41, 5.74) is -2.33. The zero-order valence-electron chi connectivity index (χ0n) is 13.8. The van der Waals surface area contributed by atoms with Gasteiger partial charge < -0.3 is 4.57 Å². The Labute approximate surface area is 151 Å². The molecule has 0 saturated carbocycles. The van der Waals surface area contributed by atoms with Crippen molar-refractivity contribution in [2.45, 2.75) is 12.7 Å². The van der Waals surface area contributed by atoms with Crippen molar-refractivity contribution >= 4 is 5.69 Å². The SMILES string of the molecule is [C-]#[N+]c1c(C(F)(F)F)cc(-c2ccccc2)n(Cc2ccc(F)cc2)c1=O. The van der Waals surface area contributed by atoms with Crippen LogP contribution in [0.1, 0.15) is 11.1 Å². The average Bonchev–Trinajstić information content (AvgIpc) is 2.64. The molecule has 0 aliphatic heterocycles. The molecule has 0 unspecified atom stereocenters. The third kappa shape index (κ3) is 3.75. The fourth-order valence-corrected chi connectivity index (χ4v) is 2.74. The lowest BCUT2D eigenvalue weighted by Crippen LogP contribution is -2.25. The molecule has 3 nitrogen and oxygen atoms in total. The van der Waals surface area contributed by atoms with Gasteiger partial charge in [0, 0.05) is 12.2 Å². The van der Waals surface area contributed by atoms with Crippen LogP contribution in [0.2, 0.25) is 0 Å². The molecule has 0 saturated heterocycles. The lowest BCUT2D eigenvalue weighted by molar-refractivity contribution is -0.136. The van der Waals surface area contributed by atoms with Crippen LogP contribution >= 0.6 is 0 Å². The highest BCUT2D eigenvalue weighted by molar-refractivity contribution is 5.66. The van der Waals surface area contributed by atoms with Crippen molar-refractivity contribution in [3.05, 3.63) is 99.4 Å². The maximum atomic E-state index is 13.4. The number of benzene rings is 2. The molecule has 136 valence electrons. The molecule has 0 bridgehead atoms. The van der Waals surface area contributed by atoms with Gasteiger partial charge in [0.2, 0.25) is 0 Å². The highest BCUT2D eigenvalue weighted by Crippen LogP contribution is 2.37. The molecule has 7 heteroatoms. The number of halogens is 4. The number of alkyl halides is 3. The van der Waals surface area contributed by atoms with Gasteiger partial charge in [-0.15, -0.1) is 0 Å². The number of aromatic nitrogens is 1. The van der Waals surface area contributed by atoms with Crippen molar-refractivity contribution in [3.8, 4) is 11.3 Å². The molecule has 1 aromatic heterocycles. The quantitative estimate of drug-likeness (QED) is 0.454. The fraction of sp³-hybridized carbons (Fsp3) is 0.100. The van der Waals surface area contributed by atoms with Gasteiger partial charge in [-0.25, -0.2) is 9.24 Å². The smallest absolute Gasteiger partial charge is 0.313 e. The first-order chi connectivity index (χ1) is 12.8. The van der Waals surface area contributed by atoms with Crippen molar-refractivity contribution in [2.24, 2.45) is 0 Å². The van der Waals surface area contributed by atoms with E-state index < -0.39 is 28.8 Å². The van der Waals surface area contributed by atoms with Gasteiger partial charge in [-0.2, -0.15) is 13.2 Å². The van der Waals surface area contributed by atoms with E-state index in [9.17, 15) is 22.4 Å². The van der Waals surface area contributed by atoms with Crippen LogP contribution in [0.4, 0.5) is 23.2 Å². The molecule has 27 heavy (non-hydrogen) atoms. The Bertz CT molecular complexity index is 1060. The van der Waals surface area contributed by atoms with Crippen LogP contribution < -0.4 is 5.56 Å². The highest BCUT2D eigenvalue weighted by atomic mass is 19.4. The molecule has 3 rings (SSSR count). The lowest BCUT2D eigenvalue weighted by Gasteiger charge is -2.18. The lowest BCUT2D eigenvalue weighted by atomic mass is 10.1. The summed E-state index contributed by atoms with van der Waals surface area (Å²) in [5.74, 6) is -0.469. The molecule has 0 aliphatic carbocycles. The molecule has 2 aromatic carbocycles. The molecule has 0 aliphatic rings. The van der Waals surface area contributed by atoms with Crippen molar-refractivity contribution in [3.63, 3.8) is 0 Å². The first-order valence-corrected chi connectivity index (χ1v) is 7.83. The van der Waals surface area contributed by atoms with Crippen LogP contribution in [-0.4, -0.2) is 4.57 Å². The Balaban J connectivity index is 2.28. The summed E-state index contributed by atoms with van der Waals surface area (Å²) < 4.78 is 54.4. The summed E-state index contributed by atoms with van der Waals surface area (Å²) in [7, 11) is 0. The summed E-state index contributed by atoms with van der Waals surface area (Å²) in [4.78, 5) is 15.5. The second kappa shape index (κ2) is 7.08. The van der Waals surface area contributed by atoms with E-state index in [1.54, 1.807) is 30.3 Å². The van der Waals surface area contributed by atoms with E-state index in [4.69, 9.17) is 6.57 Å². The Morgan fingerprint density at radius 1 is 1.00 bits per heavy atom. The summed E-state index contributed by atoms with van der Waals surface area (Å²) in [5, 5.41) is 0. The highest BCUT2D eigenvalue weighted by Gasteiger charge is 2.36. The third-order valence-electron chi connectivity index (χ3n) is 4.02. The second-order valence-corrected chi connectivity index (χ2v) is 5.79. The van der Waals surface area contributed by atoms with E-state index in [1.807, 2.05) is 0 Å². The van der Waals surface area contributed by atoms with Crippen LogP contribution in [0.3, 0.4) is 0 Å².